The van der Waals surface area contributed by atoms with Crippen molar-refractivity contribution in [3.8, 4) is 0 Å². The quantitative estimate of drug-likeness (QED) is 0.0550. The predicted molar refractivity (Wildman–Crippen MR) is 236 cm³/mol. The van der Waals surface area contributed by atoms with Gasteiger partial charge in [0.25, 0.3) is 21.6 Å². The number of carbonyl (C=O) groups excluding carboxylic acids is 1. The Morgan fingerprint density at radius 1 is 1.00 bits per heavy atom. The number of allylic oxidation sites excluding steroid dienone is 1. The van der Waals surface area contributed by atoms with Crippen LogP contribution in [0.3, 0.4) is 0 Å². The van der Waals surface area contributed by atoms with Crippen molar-refractivity contribution in [1.82, 2.24) is 14.5 Å². The van der Waals surface area contributed by atoms with Gasteiger partial charge >= 0.3 is 0 Å². The maximum atomic E-state index is 13.7. The van der Waals surface area contributed by atoms with E-state index in [1.54, 1.807) is 23.9 Å². The number of carbonyl (C=O) groups is 1. The van der Waals surface area contributed by atoms with Gasteiger partial charge in [0.1, 0.15) is 10.6 Å². The molecule has 0 radical (unpaired) electrons. The molecule has 1 unspecified atom stereocenters. The average molecular weight is 843 g/mol. The summed E-state index contributed by atoms with van der Waals surface area (Å²) in [6, 6.07) is 27.4. The first-order chi connectivity index (χ1) is 27.5. The van der Waals surface area contributed by atoms with E-state index in [-0.39, 0.29) is 11.0 Å². The zero-order chi connectivity index (χ0) is 41.8. The Labute approximate surface area is 351 Å². The molecule has 1 heterocycles. The Hall–Kier alpha value is -4.46. The third kappa shape index (κ3) is 9.53. The first-order valence-corrected chi connectivity index (χ1v) is 22.4. The van der Waals surface area contributed by atoms with Gasteiger partial charge in [-0.2, -0.15) is 0 Å². The fraction of sp³-hybridized carbons (Fsp3) is 0.356. The van der Waals surface area contributed by atoms with Crippen LogP contribution >= 0.6 is 23.4 Å². The molecule has 0 bridgehead atoms. The van der Waals surface area contributed by atoms with Gasteiger partial charge in [0.2, 0.25) is 0 Å². The van der Waals surface area contributed by atoms with Crippen LogP contribution in [0.1, 0.15) is 79.9 Å². The van der Waals surface area contributed by atoms with E-state index in [1.165, 1.54) is 28.8 Å². The van der Waals surface area contributed by atoms with E-state index >= 15 is 0 Å². The summed E-state index contributed by atoms with van der Waals surface area (Å²) in [6.45, 7) is 9.19. The first kappa shape index (κ1) is 43.1. The maximum Gasteiger partial charge on any atom is 0.298 e. The van der Waals surface area contributed by atoms with Gasteiger partial charge < -0.3 is 5.73 Å². The molecule has 0 saturated heterocycles. The summed E-state index contributed by atoms with van der Waals surface area (Å²) in [6.07, 6.45) is 6.79. The van der Waals surface area contributed by atoms with Crippen molar-refractivity contribution in [2.24, 2.45) is 5.41 Å². The van der Waals surface area contributed by atoms with Gasteiger partial charge in [-0.1, -0.05) is 86.5 Å². The maximum absolute atomic E-state index is 13.7. The minimum atomic E-state index is -4.59. The fourth-order valence-electron chi connectivity index (χ4n) is 8.19. The number of thioether (sulfide) groups is 1. The third-order valence-electron chi connectivity index (χ3n) is 11.6. The molecule has 58 heavy (non-hydrogen) atoms. The van der Waals surface area contributed by atoms with Gasteiger partial charge in [0.15, 0.2) is 0 Å². The zero-order valence-corrected chi connectivity index (χ0v) is 36.1. The number of sulfonamides is 1. The predicted octanol–water partition coefficient (Wildman–Crippen LogP) is 9.66. The van der Waals surface area contributed by atoms with E-state index in [0.29, 0.717) is 17.7 Å². The molecule has 13 heteroatoms. The molecule has 10 nitrogen and oxygen atoms in total. The highest BCUT2D eigenvalue weighted by atomic mass is 35.5. The number of nitro benzene ring substituents is 1. The lowest BCUT2D eigenvalue weighted by Gasteiger charge is -2.39. The number of nitro groups is 1. The molecule has 6 rings (SSSR count). The second-order valence-electron chi connectivity index (χ2n) is 16.2. The van der Waals surface area contributed by atoms with Gasteiger partial charge in [-0.3, -0.25) is 24.7 Å². The molecule has 3 N–H and O–H groups in total. The van der Waals surface area contributed by atoms with Gasteiger partial charge in [-0.15, -0.1) is 11.8 Å². The van der Waals surface area contributed by atoms with E-state index < -0.39 is 42.7 Å². The normalized spacial score (nSPS) is 17.1. The second kappa shape index (κ2) is 17.8. The number of nitrogens with one attached hydrogen (secondary N) is 1. The summed E-state index contributed by atoms with van der Waals surface area (Å²) in [7, 11) is -0.926. The minimum Gasteiger partial charge on any atom is -0.392 e. The Bertz CT molecular complexity index is 2330. The van der Waals surface area contributed by atoms with Gasteiger partial charge in [0, 0.05) is 40.9 Å². The molecule has 4 aromatic rings. The lowest BCUT2D eigenvalue weighted by atomic mass is 9.72. The number of nitrogens with two attached hydrogens (primary N) is 1. The molecule has 306 valence electrons. The van der Waals surface area contributed by atoms with Gasteiger partial charge in [-0.25, -0.2) is 13.1 Å². The van der Waals surface area contributed by atoms with Crippen LogP contribution in [0.15, 0.2) is 112 Å². The largest absolute Gasteiger partial charge is 0.392 e. The highest BCUT2D eigenvalue weighted by molar-refractivity contribution is 7.99. The Kier molecular flexibility index (Phi) is 13.2. The number of anilines is 1. The zero-order valence-electron chi connectivity index (χ0n) is 33.8. The van der Waals surface area contributed by atoms with Crippen LogP contribution in [0.5, 0.6) is 0 Å². The highest BCUT2D eigenvalue weighted by Gasteiger charge is 2.41. The van der Waals surface area contributed by atoms with E-state index in [1.807, 2.05) is 80.5 Å². The molecule has 1 aliphatic heterocycles. The molecule has 1 amide bonds. The number of benzene rings is 4. The summed E-state index contributed by atoms with van der Waals surface area (Å²) >= 11 is 7.73. The number of hydrogen-bond donors (Lipinski definition) is 2. The number of nitrogen functional groups attached to an aromatic ring is 1. The average Bonchev–Trinajstić information content (AvgIpc) is 3.19. The summed E-state index contributed by atoms with van der Waals surface area (Å²) in [5, 5.41) is 13.3. The van der Waals surface area contributed by atoms with Crippen LogP contribution in [-0.4, -0.2) is 68.5 Å². The van der Waals surface area contributed by atoms with Crippen LogP contribution in [-0.2, 0) is 15.6 Å². The molecule has 0 saturated carbocycles. The van der Waals surface area contributed by atoms with Crippen LogP contribution in [0.25, 0.3) is 11.1 Å². The molecular formula is C45H52ClN5O5S2. The van der Waals surface area contributed by atoms with Crippen LogP contribution in [0.2, 0.25) is 5.02 Å². The van der Waals surface area contributed by atoms with Crippen LogP contribution < -0.4 is 10.5 Å². The van der Waals surface area contributed by atoms with Crippen molar-refractivity contribution in [3.05, 3.63) is 140 Å². The monoisotopic (exact) mass is 841 g/mol. The number of nitrogens with zero attached hydrogens (tertiary/aromatic N) is 3. The summed E-state index contributed by atoms with van der Waals surface area (Å²) in [4.78, 5) is 30.1. The standard InChI is InChI=1S/C45H52ClN5O5S2/c1-6-45(49(4)5,30-57-37-10-8-7-9-11-37)39-20-21-40(41(47)42(39)51(53)54)58(55,56)48-43(52)34-14-12-31(13-15-34)32-23-26-50(27-24-32)29-35-28-44(2,3)25-22-38(35)33-16-18-36(46)19-17-33/h7-21,23H,6,22,24-30,47H2,1-5H3,(H,48,52). The third-order valence-corrected chi connectivity index (χ3v) is 14.5. The van der Waals surface area contributed by atoms with Crippen LogP contribution in [0, 0.1) is 15.5 Å². The van der Waals surface area contributed by atoms with E-state index in [9.17, 15) is 23.3 Å². The van der Waals surface area contributed by atoms with Crippen molar-refractivity contribution in [1.29, 1.82) is 0 Å². The number of halogens is 1. The number of rotatable bonds is 14. The summed E-state index contributed by atoms with van der Waals surface area (Å²) in [5.41, 5.74) is 11.4. The lowest BCUT2D eigenvalue weighted by Crippen LogP contribution is -2.44. The van der Waals surface area contributed by atoms with Crippen molar-refractivity contribution in [2.45, 2.75) is 68.2 Å². The van der Waals surface area contributed by atoms with Crippen molar-refractivity contribution in [3.63, 3.8) is 0 Å². The topological polar surface area (TPSA) is 139 Å². The first-order valence-electron chi connectivity index (χ1n) is 19.5. The van der Waals surface area contributed by atoms with Gasteiger partial charge in [0.05, 0.1) is 16.0 Å². The summed E-state index contributed by atoms with van der Waals surface area (Å²) < 4.78 is 29.4. The van der Waals surface area contributed by atoms with Crippen molar-refractivity contribution < 1.29 is 18.1 Å². The van der Waals surface area contributed by atoms with E-state index in [0.717, 1.165) is 66.4 Å². The fourth-order valence-corrected chi connectivity index (χ4v) is 10.8. The summed E-state index contributed by atoms with van der Waals surface area (Å²) in [5.74, 6) is -0.422. The molecule has 0 aromatic heterocycles. The van der Waals surface area contributed by atoms with Crippen molar-refractivity contribution >= 4 is 61.8 Å². The molecular weight excluding hydrogens is 790 g/mol. The van der Waals surface area contributed by atoms with Crippen molar-refractivity contribution in [2.75, 3.05) is 45.2 Å². The lowest BCUT2D eigenvalue weighted by molar-refractivity contribution is -0.385. The van der Waals surface area contributed by atoms with E-state index in [2.05, 4.69) is 41.7 Å². The Balaban J connectivity index is 1.16. The molecule has 4 aromatic carbocycles. The SMILES string of the molecule is CCC(CSc1ccccc1)(c1ccc(S(=O)(=O)NC(=O)c2ccc(C3=CCN(CC4=C(c5ccc(Cl)cc5)CCC(C)(C)C4)CC3)cc2)c(N)c1[N+](=O)[O-])N(C)C. The minimum absolute atomic E-state index is 0.132. The number of hydrogen-bond acceptors (Lipinski definition) is 9. The Morgan fingerprint density at radius 3 is 2.28 bits per heavy atom. The number of amides is 1. The Morgan fingerprint density at radius 2 is 1.67 bits per heavy atom. The van der Waals surface area contributed by atoms with Crippen LogP contribution in [0.4, 0.5) is 11.4 Å². The molecule has 0 spiro atoms. The molecule has 1 atom stereocenters. The molecule has 2 aliphatic rings. The van der Waals surface area contributed by atoms with E-state index in [4.69, 9.17) is 17.3 Å². The second-order valence-corrected chi connectivity index (χ2v) is 19.3. The highest BCUT2D eigenvalue weighted by Crippen LogP contribution is 2.45. The molecule has 1 aliphatic carbocycles. The van der Waals surface area contributed by atoms with Gasteiger partial charge in [-0.05, 0) is 122 Å². The smallest absolute Gasteiger partial charge is 0.298 e. The molecule has 0 fully saturated rings.